The molecule has 0 saturated heterocycles. The molecule has 0 atom stereocenters. The largest absolute Gasteiger partial charge is 0.330 e. The maximum Gasteiger partial charge on any atom is 0.276 e. The lowest BCUT2D eigenvalue weighted by molar-refractivity contribution is 0.0951. The fourth-order valence-electron chi connectivity index (χ4n) is 2.33. The molecular formula is C14H13N3O2. The number of imidazole rings is 1. The van der Waals surface area contributed by atoms with Crippen molar-refractivity contribution in [2.75, 3.05) is 11.4 Å². The molecular weight excluding hydrogens is 242 g/mol. The summed E-state index contributed by atoms with van der Waals surface area (Å²) in [6.45, 7) is 0.417. The van der Waals surface area contributed by atoms with Gasteiger partial charge in [0.25, 0.3) is 5.91 Å². The van der Waals surface area contributed by atoms with Crippen molar-refractivity contribution in [3.05, 3.63) is 48.0 Å². The number of nitrogens with zero attached hydrogens (tertiary/aromatic N) is 3. The summed E-state index contributed by atoms with van der Waals surface area (Å²) in [6, 6.07) is 7.22. The number of para-hydroxylation sites is 1. The Kier molecular flexibility index (Phi) is 2.67. The SMILES string of the molecule is Cn1cncc1C(=O)N1CCC(=O)c2ccccc21. The number of rotatable bonds is 1. The number of hydrogen-bond donors (Lipinski definition) is 0. The van der Waals surface area contributed by atoms with Gasteiger partial charge in [-0.25, -0.2) is 4.98 Å². The number of aromatic nitrogens is 2. The monoisotopic (exact) mass is 255 g/mol. The maximum absolute atomic E-state index is 12.5. The van der Waals surface area contributed by atoms with E-state index in [-0.39, 0.29) is 11.7 Å². The highest BCUT2D eigenvalue weighted by molar-refractivity contribution is 6.12. The zero-order valence-corrected chi connectivity index (χ0v) is 10.5. The molecule has 0 aliphatic carbocycles. The molecule has 0 saturated carbocycles. The average Bonchev–Trinajstić information content (AvgIpc) is 2.85. The fourth-order valence-corrected chi connectivity index (χ4v) is 2.33. The van der Waals surface area contributed by atoms with Gasteiger partial charge in [0.05, 0.1) is 18.2 Å². The van der Waals surface area contributed by atoms with Gasteiger partial charge in [0.15, 0.2) is 5.78 Å². The lowest BCUT2D eigenvalue weighted by Crippen LogP contribution is -2.38. The molecule has 1 aromatic carbocycles. The van der Waals surface area contributed by atoms with Crippen LogP contribution in [0.5, 0.6) is 0 Å². The van der Waals surface area contributed by atoms with Gasteiger partial charge in [0.1, 0.15) is 5.69 Å². The number of ketones is 1. The number of fused-ring (bicyclic) bond motifs is 1. The van der Waals surface area contributed by atoms with Gasteiger partial charge in [-0.2, -0.15) is 0 Å². The van der Waals surface area contributed by atoms with Crippen LogP contribution in [-0.2, 0) is 7.05 Å². The van der Waals surface area contributed by atoms with Crippen LogP contribution in [0.1, 0.15) is 27.3 Å². The summed E-state index contributed by atoms with van der Waals surface area (Å²) in [5, 5.41) is 0. The second kappa shape index (κ2) is 4.35. The van der Waals surface area contributed by atoms with Crippen molar-refractivity contribution in [2.45, 2.75) is 6.42 Å². The molecule has 96 valence electrons. The molecule has 5 nitrogen and oxygen atoms in total. The predicted molar refractivity (Wildman–Crippen MR) is 70.3 cm³/mol. The third-order valence-electron chi connectivity index (χ3n) is 3.34. The second-order valence-corrected chi connectivity index (χ2v) is 4.54. The highest BCUT2D eigenvalue weighted by Crippen LogP contribution is 2.27. The van der Waals surface area contributed by atoms with Crippen LogP contribution in [0.4, 0.5) is 5.69 Å². The third kappa shape index (κ3) is 1.83. The smallest absolute Gasteiger partial charge is 0.276 e. The molecule has 0 unspecified atom stereocenters. The molecule has 1 aliphatic heterocycles. The molecule has 2 heterocycles. The first-order valence-corrected chi connectivity index (χ1v) is 6.09. The molecule has 2 aromatic rings. The molecule has 0 fully saturated rings. The first-order valence-electron chi connectivity index (χ1n) is 6.09. The zero-order valence-electron chi connectivity index (χ0n) is 10.5. The number of benzene rings is 1. The van der Waals surface area contributed by atoms with Gasteiger partial charge in [0, 0.05) is 25.6 Å². The lowest BCUT2D eigenvalue weighted by Gasteiger charge is -2.28. The van der Waals surface area contributed by atoms with E-state index in [4.69, 9.17) is 0 Å². The summed E-state index contributed by atoms with van der Waals surface area (Å²) < 4.78 is 1.68. The molecule has 3 rings (SSSR count). The predicted octanol–water partition coefficient (Wildman–Crippen LogP) is 1.65. The van der Waals surface area contributed by atoms with Gasteiger partial charge in [-0.1, -0.05) is 12.1 Å². The zero-order chi connectivity index (χ0) is 13.4. The molecule has 19 heavy (non-hydrogen) atoms. The van der Waals surface area contributed by atoms with E-state index in [9.17, 15) is 9.59 Å². The second-order valence-electron chi connectivity index (χ2n) is 4.54. The Labute approximate surface area is 110 Å². The first-order chi connectivity index (χ1) is 9.18. The van der Waals surface area contributed by atoms with Gasteiger partial charge in [-0.15, -0.1) is 0 Å². The number of amides is 1. The number of anilines is 1. The number of carbonyl (C=O) groups is 2. The minimum absolute atomic E-state index is 0.0876. The van der Waals surface area contributed by atoms with Crippen LogP contribution in [0.25, 0.3) is 0 Å². The normalized spacial score (nSPS) is 14.4. The van der Waals surface area contributed by atoms with E-state index in [0.717, 1.165) is 0 Å². The molecule has 1 aliphatic rings. The molecule has 5 heteroatoms. The summed E-state index contributed by atoms with van der Waals surface area (Å²) in [6.07, 6.45) is 3.50. The molecule has 0 radical (unpaired) electrons. The van der Waals surface area contributed by atoms with Crippen molar-refractivity contribution >= 4 is 17.4 Å². The van der Waals surface area contributed by atoms with Crippen molar-refractivity contribution < 1.29 is 9.59 Å². The van der Waals surface area contributed by atoms with Crippen LogP contribution in [0, 0.1) is 0 Å². The van der Waals surface area contributed by atoms with E-state index in [1.54, 1.807) is 41.2 Å². The van der Waals surface area contributed by atoms with Crippen LogP contribution in [0.2, 0.25) is 0 Å². The highest BCUT2D eigenvalue weighted by Gasteiger charge is 2.28. The Morgan fingerprint density at radius 3 is 2.84 bits per heavy atom. The Morgan fingerprint density at radius 1 is 1.32 bits per heavy atom. The number of aryl methyl sites for hydroxylation is 1. The van der Waals surface area contributed by atoms with Crippen molar-refractivity contribution in [1.29, 1.82) is 0 Å². The van der Waals surface area contributed by atoms with E-state index >= 15 is 0 Å². The van der Waals surface area contributed by atoms with Crippen molar-refractivity contribution in [3.8, 4) is 0 Å². The van der Waals surface area contributed by atoms with Gasteiger partial charge < -0.3 is 9.47 Å². The van der Waals surface area contributed by atoms with Gasteiger partial charge in [-0.3, -0.25) is 9.59 Å². The molecule has 0 bridgehead atoms. The van der Waals surface area contributed by atoms with E-state index < -0.39 is 0 Å². The summed E-state index contributed by atoms with van der Waals surface area (Å²) in [7, 11) is 1.78. The van der Waals surface area contributed by atoms with E-state index in [1.807, 2.05) is 12.1 Å². The molecule has 0 N–H and O–H groups in total. The minimum Gasteiger partial charge on any atom is -0.330 e. The molecule has 1 amide bonds. The quantitative estimate of drug-likeness (QED) is 0.778. The van der Waals surface area contributed by atoms with Crippen molar-refractivity contribution in [1.82, 2.24) is 9.55 Å². The standard InChI is InChI=1S/C14H13N3O2/c1-16-9-15-8-12(16)14(19)17-7-6-13(18)10-4-2-3-5-11(10)17/h2-5,8-9H,6-7H2,1H3. The summed E-state index contributed by atoms with van der Waals surface area (Å²) >= 11 is 0. The van der Waals surface area contributed by atoms with E-state index in [1.165, 1.54) is 0 Å². The maximum atomic E-state index is 12.5. The molecule has 1 aromatic heterocycles. The van der Waals surface area contributed by atoms with Crippen LogP contribution >= 0.6 is 0 Å². The van der Waals surface area contributed by atoms with Gasteiger partial charge in [0.2, 0.25) is 0 Å². The van der Waals surface area contributed by atoms with Crippen molar-refractivity contribution in [2.24, 2.45) is 7.05 Å². The number of Topliss-reactive ketones (excluding diaryl/α,β-unsaturated/α-hetero) is 1. The lowest BCUT2D eigenvalue weighted by atomic mass is 10.0. The van der Waals surface area contributed by atoms with E-state index in [0.29, 0.717) is 29.9 Å². The van der Waals surface area contributed by atoms with Crippen molar-refractivity contribution in [3.63, 3.8) is 0 Å². The summed E-state index contributed by atoms with van der Waals surface area (Å²) in [5.41, 5.74) is 1.82. The number of carbonyl (C=O) groups excluding carboxylic acids is 2. The first kappa shape index (κ1) is 11.6. The summed E-state index contributed by atoms with van der Waals surface area (Å²) in [5.74, 6) is -0.0374. The average molecular weight is 255 g/mol. The van der Waals surface area contributed by atoms with Gasteiger partial charge >= 0.3 is 0 Å². The van der Waals surface area contributed by atoms with E-state index in [2.05, 4.69) is 4.98 Å². The topological polar surface area (TPSA) is 55.2 Å². The minimum atomic E-state index is -0.125. The van der Waals surface area contributed by atoms with Gasteiger partial charge in [-0.05, 0) is 12.1 Å². The van der Waals surface area contributed by atoms with Crippen LogP contribution in [0.15, 0.2) is 36.8 Å². The fraction of sp³-hybridized carbons (Fsp3) is 0.214. The Hall–Kier alpha value is -2.43. The molecule has 0 spiro atoms. The highest BCUT2D eigenvalue weighted by atomic mass is 16.2. The van der Waals surface area contributed by atoms with Crippen LogP contribution < -0.4 is 4.90 Å². The summed E-state index contributed by atoms with van der Waals surface area (Å²) in [4.78, 5) is 30.0. The van der Waals surface area contributed by atoms with Crippen LogP contribution in [-0.4, -0.2) is 27.8 Å². The Balaban J connectivity index is 2.04. The number of hydrogen-bond acceptors (Lipinski definition) is 3. The third-order valence-corrected chi connectivity index (χ3v) is 3.34. The van der Waals surface area contributed by atoms with Crippen LogP contribution in [0.3, 0.4) is 0 Å². The Bertz CT molecular complexity index is 660. The Morgan fingerprint density at radius 2 is 2.11 bits per heavy atom.